The standard InChI is InChI=1S/C11H15ClFN3O3S/c1-3-16(2)10(17)6-15-20(18,19)9-5-7(14)4-8(12)11(9)13/h4-5,15H,3,6,14H2,1-2H3. The number of amides is 1. The molecule has 0 spiro atoms. The molecule has 0 radical (unpaired) electrons. The molecule has 6 nitrogen and oxygen atoms in total. The van der Waals surface area contributed by atoms with Crippen molar-refractivity contribution in [2.45, 2.75) is 11.8 Å². The van der Waals surface area contributed by atoms with Crippen LogP contribution >= 0.6 is 11.6 Å². The molecule has 0 unspecified atom stereocenters. The highest BCUT2D eigenvalue weighted by atomic mass is 35.5. The number of carbonyl (C=O) groups excluding carboxylic acids is 1. The van der Waals surface area contributed by atoms with Crippen LogP contribution in [-0.4, -0.2) is 39.4 Å². The van der Waals surface area contributed by atoms with E-state index in [1.165, 1.54) is 11.9 Å². The van der Waals surface area contributed by atoms with Crippen LogP contribution in [-0.2, 0) is 14.8 Å². The van der Waals surface area contributed by atoms with Crippen molar-refractivity contribution in [2.24, 2.45) is 0 Å². The van der Waals surface area contributed by atoms with E-state index in [0.29, 0.717) is 6.54 Å². The minimum atomic E-state index is -4.21. The Morgan fingerprint density at radius 2 is 2.10 bits per heavy atom. The summed E-state index contributed by atoms with van der Waals surface area (Å²) in [5.41, 5.74) is 5.44. The van der Waals surface area contributed by atoms with Gasteiger partial charge in [0, 0.05) is 19.3 Å². The van der Waals surface area contributed by atoms with E-state index in [2.05, 4.69) is 0 Å². The topological polar surface area (TPSA) is 92.5 Å². The molecule has 112 valence electrons. The van der Waals surface area contributed by atoms with Crippen molar-refractivity contribution in [3.63, 3.8) is 0 Å². The first kappa shape index (κ1) is 16.7. The molecular weight excluding hydrogens is 309 g/mol. The molecule has 1 aromatic carbocycles. The number of nitrogens with one attached hydrogen (secondary N) is 1. The van der Waals surface area contributed by atoms with Crippen LogP contribution < -0.4 is 10.5 Å². The zero-order chi connectivity index (χ0) is 15.5. The van der Waals surface area contributed by atoms with Gasteiger partial charge in [0.1, 0.15) is 4.90 Å². The Kier molecular flexibility index (Phi) is 5.32. The van der Waals surface area contributed by atoms with E-state index in [-0.39, 0.29) is 5.69 Å². The molecule has 1 aromatic rings. The minimum absolute atomic E-state index is 0.00813. The van der Waals surface area contributed by atoms with Gasteiger partial charge in [0.25, 0.3) is 0 Å². The van der Waals surface area contributed by atoms with Crippen LogP contribution in [0.5, 0.6) is 0 Å². The number of hydrogen-bond acceptors (Lipinski definition) is 4. The molecule has 9 heteroatoms. The number of nitrogens with zero attached hydrogens (tertiary/aromatic N) is 1. The molecule has 0 saturated heterocycles. The van der Waals surface area contributed by atoms with E-state index in [0.717, 1.165) is 12.1 Å². The van der Waals surface area contributed by atoms with Crippen LogP contribution in [0.4, 0.5) is 10.1 Å². The van der Waals surface area contributed by atoms with Gasteiger partial charge < -0.3 is 10.6 Å². The first-order valence-corrected chi connectivity index (χ1v) is 7.53. The lowest BCUT2D eigenvalue weighted by Crippen LogP contribution is -2.38. The number of nitrogens with two attached hydrogens (primary N) is 1. The summed E-state index contributed by atoms with van der Waals surface area (Å²) in [4.78, 5) is 12.2. The molecule has 0 atom stereocenters. The molecule has 0 aliphatic heterocycles. The van der Waals surface area contributed by atoms with Gasteiger partial charge in [-0.15, -0.1) is 0 Å². The fourth-order valence-electron chi connectivity index (χ4n) is 1.33. The maximum Gasteiger partial charge on any atom is 0.244 e. The number of hydrogen-bond donors (Lipinski definition) is 2. The van der Waals surface area contributed by atoms with E-state index in [1.54, 1.807) is 6.92 Å². The van der Waals surface area contributed by atoms with Crippen LogP contribution in [0, 0.1) is 5.82 Å². The molecule has 0 aliphatic rings. The van der Waals surface area contributed by atoms with Crippen molar-refractivity contribution in [1.29, 1.82) is 0 Å². The second-order valence-electron chi connectivity index (χ2n) is 4.05. The summed E-state index contributed by atoms with van der Waals surface area (Å²) >= 11 is 5.54. The van der Waals surface area contributed by atoms with Crippen molar-refractivity contribution >= 4 is 33.2 Å². The summed E-state index contributed by atoms with van der Waals surface area (Å²) in [5, 5.41) is -0.401. The van der Waals surface area contributed by atoms with Gasteiger partial charge in [0.15, 0.2) is 5.82 Å². The molecule has 3 N–H and O–H groups in total. The van der Waals surface area contributed by atoms with Crippen molar-refractivity contribution in [2.75, 3.05) is 25.9 Å². The minimum Gasteiger partial charge on any atom is -0.399 e. The number of nitrogen functional groups attached to an aromatic ring is 1. The van der Waals surface area contributed by atoms with Gasteiger partial charge in [0.05, 0.1) is 11.6 Å². The van der Waals surface area contributed by atoms with Gasteiger partial charge in [-0.2, -0.15) is 0 Å². The summed E-state index contributed by atoms with van der Waals surface area (Å²) < 4.78 is 39.6. The second kappa shape index (κ2) is 6.38. The largest absolute Gasteiger partial charge is 0.399 e. The molecule has 20 heavy (non-hydrogen) atoms. The zero-order valence-electron chi connectivity index (χ0n) is 11.0. The number of benzene rings is 1. The maximum atomic E-state index is 13.7. The predicted octanol–water partition coefficient (Wildman–Crippen LogP) is 0.818. The lowest BCUT2D eigenvalue weighted by atomic mass is 10.3. The van der Waals surface area contributed by atoms with Gasteiger partial charge >= 0.3 is 0 Å². The number of anilines is 1. The van der Waals surface area contributed by atoms with Crippen molar-refractivity contribution in [1.82, 2.24) is 9.62 Å². The fourth-order valence-corrected chi connectivity index (χ4v) is 2.72. The second-order valence-corrected chi connectivity index (χ2v) is 6.19. The third-order valence-electron chi connectivity index (χ3n) is 2.62. The van der Waals surface area contributed by atoms with E-state index in [9.17, 15) is 17.6 Å². The summed E-state index contributed by atoms with van der Waals surface area (Å²) in [6.45, 7) is 1.70. The highest BCUT2D eigenvalue weighted by Crippen LogP contribution is 2.25. The molecule has 0 aromatic heterocycles. The first-order valence-electron chi connectivity index (χ1n) is 5.67. The molecule has 1 rings (SSSR count). The van der Waals surface area contributed by atoms with Gasteiger partial charge in [-0.1, -0.05) is 11.6 Å². The zero-order valence-corrected chi connectivity index (χ0v) is 12.6. The quantitative estimate of drug-likeness (QED) is 0.785. The van der Waals surface area contributed by atoms with Crippen molar-refractivity contribution in [3.05, 3.63) is 23.0 Å². The average Bonchev–Trinajstić information content (AvgIpc) is 2.39. The van der Waals surface area contributed by atoms with Crippen molar-refractivity contribution < 1.29 is 17.6 Å². The molecule has 0 saturated carbocycles. The molecule has 0 aliphatic carbocycles. The predicted molar refractivity (Wildman–Crippen MR) is 74.3 cm³/mol. The SMILES string of the molecule is CCN(C)C(=O)CNS(=O)(=O)c1cc(N)cc(Cl)c1F. The van der Waals surface area contributed by atoms with Gasteiger partial charge in [-0.05, 0) is 19.1 Å². The van der Waals surface area contributed by atoms with Gasteiger partial charge in [-0.25, -0.2) is 17.5 Å². The smallest absolute Gasteiger partial charge is 0.244 e. The van der Waals surface area contributed by atoms with E-state index in [1.807, 2.05) is 4.72 Å². The molecule has 0 fully saturated rings. The van der Waals surface area contributed by atoms with E-state index < -0.39 is 38.2 Å². The normalized spacial score (nSPS) is 11.4. The first-order chi connectivity index (χ1) is 9.19. The van der Waals surface area contributed by atoms with Crippen molar-refractivity contribution in [3.8, 4) is 0 Å². The van der Waals surface area contributed by atoms with Gasteiger partial charge in [0.2, 0.25) is 15.9 Å². The summed E-state index contributed by atoms with van der Waals surface area (Å²) in [6, 6.07) is 2.05. The summed E-state index contributed by atoms with van der Waals surface area (Å²) in [5.74, 6) is -1.55. The Bertz CT molecular complexity index is 622. The highest BCUT2D eigenvalue weighted by molar-refractivity contribution is 7.89. The monoisotopic (exact) mass is 323 g/mol. The summed E-state index contributed by atoms with van der Waals surface area (Å²) in [6.07, 6.45) is 0. The number of rotatable bonds is 5. The van der Waals surface area contributed by atoms with Crippen LogP contribution in [0.15, 0.2) is 17.0 Å². The molecule has 0 heterocycles. The van der Waals surface area contributed by atoms with Crippen LogP contribution in [0.2, 0.25) is 5.02 Å². The maximum absolute atomic E-state index is 13.7. The Morgan fingerprint density at radius 3 is 2.65 bits per heavy atom. The molecular formula is C11H15ClFN3O3S. The Morgan fingerprint density at radius 1 is 1.50 bits per heavy atom. The number of likely N-dealkylation sites (N-methyl/N-ethyl adjacent to an activating group) is 1. The fraction of sp³-hybridized carbons (Fsp3) is 0.364. The van der Waals surface area contributed by atoms with E-state index in [4.69, 9.17) is 17.3 Å². The Labute approximate surface area is 121 Å². The van der Waals surface area contributed by atoms with Crippen LogP contribution in [0.25, 0.3) is 0 Å². The molecule has 0 bridgehead atoms. The van der Waals surface area contributed by atoms with E-state index >= 15 is 0 Å². The molecule has 1 amide bonds. The summed E-state index contributed by atoms with van der Waals surface area (Å²) in [7, 11) is -2.69. The Balaban J connectivity index is 2.98. The van der Waals surface area contributed by atoms with Crippen LogP contribution in [0.3, 0.4) is 0 Å². The third-order valence-corrected chi connectivity index (χ3v) is 4.30. The van der Waals surface area contributed by atoms with Crippen LogP contribution in [0.1, 0.15) is 6.92 Å². The lowest BCUT2D eigenvalue weighted by Gasteiger charge is -2.15. The number of sulfonamides is 1. The number of halogens is 2. The number of carbonyl (C=O) groups is 1. The third kappa shape index (κ3) is 3.81. The lowest BCUT2D eigenvalue weighted by molar-refractivity contribution is -0.128. The highest BCUT2D eigenvalue weighted by Gasteiger charge is 2.23. The Hall–Kier alpha value is -1.38. The van der Waals surface area contributed by atoms with Gasteiger partial charge in [-0.3, -0.25) is 4.79 Å². The average molecular weight is 324 g/mol.